The van der Waals surface area contributed by atoms with Crippen molar-refractivity contribution in [2.24, 2.45) is 16.8 Å². The normalized spacial score (nSPS) is 19.8. The van der Waals surface area contributed by atoms with E-state index in [1.54, 1.807) is 25.3 Å². The monoisotopic (exact) mass is 494 g/mol. The molecule has 3 heterocycles. The van der Waals surface area contributed by atoms with Crippen molar-refractivity contribution in [3.05, 3.63) is 47.5 Å². The Morgan fingerprint density at radius 2 is 1.83 bits per heavy atom. The van der Waals surface area contributed by atoms with E-state index in [2.05, 4.69) is 4.90 Å². The van der Waals surface area contributed by atoms with Gasteiger partial charge in [-0.05, 0) is 55.8 Å². The number of hydrogen-bond acceptors (Lipinski definition) is 8. The molecule has 0 spiro atoms. The molecule has 1 fully saturated rings. The first-order chi connectivity index (χ1) is 17.5. The lowest BCUT2D eigenvalue weighted by atomic mass is 9.96. The second-order valence-electron chi connectivity index (χ2n) is 9.14. The summed E-state index contributed by atoms with van der Waals surface area (Å²) in [7, 11) is 3.20. The van der Waals surface area contributed by atoms with Crippen molar-refractivity contribution in [2.45, 2.75) is 25.3 Å². The van der Waals surface area contributed by atoms with Crippen molar-refractivity contribution in [2.75, 3.05) is 40.6 Å². The third kappa shape index (κ3) is 4.68. The Labute approximate surface area is 209 Å². The first kappa shape index (κ1) is 23.9. The SMILES string of the molecule is COc1ccc(C2=NN(C(=O)CN3CCC(C(N)=O)CC3)[C@H](c3ccc4c(c3)OCO4)C2)c(OC)c1. The van der Waals surface area contributed by atoms with E-state index in [0.717, 1.165) is 16.8 Å². The Balaban J connectivity index is 1.42. The number of hydrazone groups is 1. The van der Waals surface area contributed by atoms with Gasteiger partial charge in [0.25, 0.3) is 5.91 Å². The fourth-order valence-corrected chi connectivity index (χ4v) is 4.96. The Bertz CT molecular complexity index is 1190. The minimum Gasteiger partial charge on any atom is -0.497 e. The molecule has 36 heavy (non-hydrogen) atoms. The van der Waals surface area contributed by atoms with Crippen molar-refractivity contribution in [1.82, 2.24) is 9.91 Å². The fraction of sp³-hybridized carbons (Fsp3) is 0.423. The highest BCUT2D eigenvalue weighted by molar-refractivity contribution is 6.05. The maximum absolute atomic E-state index is 13.6. The number of benzene rings is 2. The van der Waals surface area contributed by atoms with Crippen LogP contribution in [0.4, 0.5) is 0 Å². The molecule has 0 aromatic heterocycles. The number of rotatable bonds is 7. The molecule has 3 aliphatic rings. The van der Waals surface area contributed by atoms with E-state index < -0.39 is 0 Å². The van der Waals surface area contributed by atoms with Gasteiger partial charge in [0, 0.05) is 24.0 Å². The molecule has 1 saturated heterocycles. The molecule has 0 radical (unpaired) electrons. The summed E-state index contributed by atoms with van der Waals surface area (Å²) < 4.78 is 22.0. The predicted octanol–water partition coefficient (Wildman–Crippen LogP) is 2.31. The number of carbonyl (C=O) groups is 2. The smallest absolute Gasteiger partial charge is 0.257 e. The van der Waals surface area contributed by atoms with Gasteiger partial charge in [0.05, 0.1) is 32.5 Å². The molecule has 190 valence electrons. The molecule has 2 aromatic carbocycles. The van der Waals surface area contributed by atoms with Gasteiger partial charge in [-0.25, -0.2) is 5.01 Å². The topological polar surface area (TPSA) is 116 Å². The highest BCUT2D eigenvalue weighted by atomic mass is 16.7. The summed E-state index contributed by atoms with van der Waals surface area (Å²) in [4.78, 5) is 27.1. The van der Waals surface area contributed by atoms with Crippen LogP contribution in [0, 0.1) is 5.92 Å². The van der Waals surface area contributed by atoms with Crippen molar-refractivity contribution < 1.29 is 28.5 Å². The number of nitrogens with zero attached hydrogens (tertiary/aromatic N) is 3. The third-order valence-corrected chi connectivity index (χ3v) is 7.02. The van der Waals surface area contributed by atoms with Gasteiger partial charge in [0.1, 0.15) is 11.5 Å². The number of primary amides is 1. The number of amides is 2. The molecule has 10 nitrogen and oxygen atoms in total. The molecule has 2 N–H and O–H groups in total. The molecule has 10 heteroatoms. The molecule has 2 aromatic rings. The molecule has 1 atom stereocenters. The van der Waals surface area contributed by atoms with E-state index in [0.29, 0.717) is 55.4 Å². The summed E-state index contributed by atoms with van der Waals surface area (Å²) in [6, 6.07) is 11.0. The average molecular weight is 495 g/mol. The lowest BCUT2D eigenvalue weighted by Crippen LogP contribution is -2.44. The Morgan fingerprint density at radius 3 is 2.56 bits per heavy atom. The minimum absolute atomic E-state index is 0.113. The van der Waals surface area contributed by atoms with Crippen LogP contribution in [-0.4, -0.2) is 68.1 Å². The van der Waals surface area contributed by atoms with E-state index in [4.69, 9.17) is 29.8 Å². The minimum atomic E-state index is -0.308. The number of fused-ring (bicyclic) bond motifs is 1. The highest BCUT2D eigenvalue weighted by Gasteiger charge is 2.36. The van der Waals surface area contributed by atoms with Gasteiger partial charge >= 0.3 is 0 Å². The number of likely N-dealkylation sites (tertiary alicyclic amines) is 1. The van der Waals surface area contributed by atoms with Gasteiger partial charge in [-0.15, -0.1) is 0 Å². The second-order valence-corrected chi connectivity index (χ2v) is 9.14. The lowest BCUT2D eigenvalue weighted by Gasteiger charge is -2.31. The number of hydrogen-bond donors (Lipinski definition) is 1. The number of nitrogens with two attached hydrogens (primary N) is 1. The van der Waals surface area contributed by atoms with Gasteiger partial charge in [-0.2, -0.15) is 5.10 Å². The van der Waals surface area contributed by atoms with Crippen LogP contribution >= 0.6 is 0 Å². The van der Waals surface area contributed by atoms with Crippen LogP contribution in [-0.2, 0) is 9.59 Å². The maximum atomic E-state index is 13.6. The zero-order valence-corrected chi connectivity index (χ0v) is 20.4. The maximum Gasteiger partial charge on any atom is 0.257 e. The molecule has 2 amide bonds. The van der Waals surface area contributed by atoms with Crippen LogP contribution in [0.25, 0.3) is 0 Å². The zero-order chi connectivity index (χ0) is 25.2. The summed E-state index contributed by atoms with van der Waals surface area (Å²) in [6.45, 7) is 1.68. The van der Waals surface area contributed by atoms with Crippen molar-refractivity contribution in [3.8, 4) is 23.0 Å². The van der Waals surface area contributed by atoms with Crippen LogP contribution in [0.3, 0.4) is 0 Å². The summed E-state index contributed by atoms with van der Waals surface area (Å²) >= 11 is 0. The fourth-order valence-electron chi connectivity index (χ4n) is 4.96. The largest absolute Gasteiger partial charge is 0.497 e. The summed E-state index contributed by atoms with van der Waals surface area (Å²) in [6.07, 6.45) is 1.83. The third-order valence-electron chi connectivity index (χ3n) is 7.02. The summed E-state index contributed by atoms with van der Waals surface area (Å²) in [5.41, 5.74) is 7.92. The molecule has 3 aliphatic heterocycles. The van der Waals surface area contributed by atoms with Gasteiger partial charge in [0.2, 0.25) is 12.7 Å². The summed E-state index contributed by atoms with van der Waals surface area (Å²) in [5, 5.41) is 6.36. The number of carbonyl (C=O) groups excluding carboxylic acids is 2. The van der Waals surface area contributed by atoms with Crippen molar-refractivity contribution in [1.29, 1.82) is 0 Å². The van der Waals surface area contributed by atoms with Crippen molar-refractivity contribution >= 4 is 17.5 Å². The molecule has 5 rings (SSSR count). The molecular weight excluding hydrogens is 464 g/mol. The van der Waals surface area contributed by atoms with Crippen LogP contribution in [0.2, 0.25) is 0 Å². The van der Waals surface area contributed by atoms with E-state index in [1.807, 2.05) is 30.3 Å². The Kier molecular flexibility index (Phi) is 6.69. The average Bonchev–Trinajstić information content (AvgIpc) is 3.55. The Hall–Kier alpha value is -3.79. The first-order valence-corrected chi connectivity index (χ1v) is 12.0. The molecular formula is C26H30N4O6. The number of methoxy groups -OCH3 is 2. The Morgan fingerprint density at radius 1 is 1.06 bits per heavy atom. The quantitative estimate of drug-likeness (QED) is 0.628. The number of ether oxygens (including phenoxy) is 4. The van der Waals surface area contributed by atoms with Crippen LogP contribution in [0.15, 0.2) is 41.5 Å². The van der Waals surface area contributed by atoms with E-state index in [1.165, 1.54) is 0 Å². The first-order valence-electron chi connectivity index (χ1n) is 12.0. The lowest BCUT2D eigenvalue weighted by molar-refractivity contribution is -0.134. The standard InChI is InChI=1S/C26H30N4O6/c1-33-18-4-5-19(23(12-18)34-2)20-13-21(17-3-6-22-24(11-17)36-15-35-22)30(28-20)25(31)14-29-9-7-16(8-10-29)26(27)32/h3-6,11-12,16,21H,7-10,13-15H2,1-2H3,(H2,27,32)/t21-/m0/s1. The number of piperidine rings is 1. The summed E-state index contributed by atoms with van der Waals surface area (Å²) in [5.74, 6) is 2.13. The van der Waals surface area contributed by atoms with E-state index in [9.17, 15) is 9.59 Å². The van der Waals surface area contributed by atoms with Gasteiger partial charge in [-0.1, -0.05) is 6.07 Å². The molecule has 0 bridgehead atoms. The van der Waals surface area contributed by atoms with Crippen LogP contribution in [0.5, 0.6) is 23.0 Å². The van der Waals surface area contributed by atoms with Gasteiger partial charge in [0.15, 0.2) is 11.5 Å². The predicted molar refractivity (Wildman–Crippen MR) is 131 cm³/mol. The zero-order valence-electron chi connectivity index (χ0n) is 20.4. The van der Waals surface area contributed by atoms with Crippen LogP contribution in [0.1, 0.15) is 36.4 Å². The van der Waals surface area contributed by atoms with Gasteiger partial charge in [-0.3, -0.25) is 14.5 Å². The molecule has 0 saturated carbocycles. The van der Waals surface area contributed by atoms with E-state index >= 15 is 0 Å². The van der Waals surface area contributed by atoms with Gasteiger partial charge < -0.3 is 24.7 Å². The highest BCUT2D eigenvalue weighted by Crippen LogP contribution is 2.40. The van der Waals surface area contributed by atoms with Crippen molar-refractivity contribution in [3.63, 3.8) is 0 Å². The molecule has 0 aliphatic carbocycles. The second kappa shape index (κ2) is 10.1. The van der Waals surface area contributed by atoms with E-state index in [-0.39, 0.29) is 37.1 Å². The van der Waals surface area contributed by atoms with Crippen LogP contribution < -0.4 is 24.7 Å². The molecule has 0 unspecified atom stereocenters.